The van der Waals surface area contributed by atoms with Crippen molar-refractivity contribution in [2.75, 3.05) is 6.61 Å². The van der Waals surface area contributed by atoms with E-state index >= 15 is 0 Å². The maximum atomic E-state index is 12.2. The molecule has 0 radical (unpaired) electrons. The number of hydrogen-bond acceptors (Lipinski definition) is 2. The minimum absolute atomic E-state index is 0.475. The quantitative estimate of drug-likeness (QED) is 0.682. The Balaban J connectivity index is 2.69. The third kappa shape index (κ3) is 2.33. The summed E-state index contributed by atoms with van der Waals surface area (Å²) in [7, 11) is 0. The van der Waals surface area contributed by atoms with Gasteiger partial charge < -0.3 is 9.84 Å². The van der Waals surface area contributed by atoms with E-state index in [4.69, 9.17) is 5.11 Å². The van der Waals surface area contributed by atoms with Crippen molar-refractivity contribution >= 4 is 0 Å². The Labute approximate surface area is 76.7 Å². The Morgan fingerprint density at radius 3 is 2.36 bits per heavy atom. The number of alkyl halides is 5. The topological polar surface area (TPSA) is 29.5 Å². The summed E-state index contributed by atoms with van der Waals surface area (Å²) < 4.78 is 64.9. The summed E-state index contributed by atoms with van der Waals surface area (Å²) in [5.74, 6) is 0. The van der Waals surface area contributed by atoms with Gasteiger partial charge in [0.05, 0.1) is 6.61 Å². The summed E-state index contributed by atoms with van der Waals surface area (Å²) in [6.07, 6.45) is -11.8. The van der Waals surface area contributed by atoms with Crippen LogP contribution in [0.1, 0.15) is 12.8 Å². The molecular formula is C7H9F5O2. The molecule has 2 atom stereocenters. The van der Waals surface area contributed by atoms with Crippen molar-refractivity contribution in [3.63, 3.8) is 0 Å². The average molecular weight is 220 g/mol. The zero-order valence-corrected chi connectivity index (χ0v) is 7.02. The first kappa shape index (κ1) is 11.6. The lowest BCUT2D eigenvalue weighted by atomic mass is 9.90. The lowest BCUT2D eigenvalue weighted by Crippen LogP contribution is -2.50. The minimum atomic E-state index is -4.71. The molecule has 0 aliphatic carbocycles. The van der Waals surface area contributed by atoms with Gasteiger partial charge in [-0.15, -0.1) is 0 Å². The predicted molar refractivity (Wildman–Crippen MR) is 36.0 cm³/mol. The van der Waals surface area contributed by atoms with Crippen molar-refractivity contribution in [2.45, 2.75) is 37.1 Å². The molecule has 2 unspecified atom stereocenters. The highest BCUT2D eigenvalue weighted by atomic mass is 19.4. The van der Waals surface area contributed by atoms with Gasteiger partial charge in [0.2, 0.25) is 0 Å². The van der Waals surface area contributed by atoms with E-state index in [2.05, 4.69) is 4.74 Å². The van der Waals surface area contributed by atoms with Crippen LogP contribution in [0.15, 0.2) is 0 Å². The summed E-state index contributed by atoms with van der Waals surface area (Å²) in [5.41, 5.74) is -2.57. The van der Waals surface area contributed by atoms with Crippen molar-refractivity contribution in [3.8, 4) is 0 Å². The van der Waals surface area contributed by atoms with Gasteiger partial charge in [0, 0.05) is 12.8 Å². The van der Waals surface area contributed by atoms with E-state index in [1.807, 2.05) is 0 Å². The molecule has 14 heavy (non-hydrogen) atoms. The van der Waals surface area contributed by atoms with Gasteiger partial charge in [-0.05, 0) is 0 Å². The van der Waals surface area contributed by atoms with Gasteiger partial charge >= 0.3 is 6.18 Å². The fourth-order valence-electron chi connectivity index (χ4n) is 1.27. The van der Waals surface area contributed by atoms with Gasteiger partial charge in [0.25, 0.3) is 6.43 Å². The highest BCUT2D eigenvalue weighted by Gasteiger charge is 2.51. The van der Waals surface area contributed by atoms with E-state index in [1.54, 1.807) is 0 Å². The van der Waals surface area contributed by atoms with Crippen molar-refractivity contribution in [1.82, 2.24) is 0 Å². The number of rotatable bonds is 1. The average Bonchev–Trinajstić information content (AvgIpc) is 2.02. The van der Waals surface area contributed by atoms with Crippen LogP contribution in [0.25, 0.3) is 0 Å². The van der Waals surface area contributed by atoms with Gasteiger partial charge in [-0.1, -0.05) is 0 Å². The van der Waals surface area contributed by atoms with Gasteiger partial charge in [0.1, 0.15) is 5.60 Å². The summed E-state index contributed by atoms with van der Waals surface area (Å²) in [6, 6.07) is 0. The third-order valence-corrected chi connectivity index (χ3v) is 2.16. The highest BCUT2D eigenvalue weighted by molar-refractivity contribution is 4.90. The Kier molecular flexibility index (Phi) is 3.01. The first-order valence-corrected chi connectivity index (χ1v) is 3.94. The maximum absolute atomic E-state index is 12.2. The molecule has 1 fully saturated rings. The van der Waals surface area contributed by atoms with E-state index in [9.17, 15) is 22.0 Å². The largest absolute Gasteiger partial charge is 0.414 e. The molecule has 7 heteroatoms. The van der Waals surface area contributed by atoms with Crippen LogP contribution in [-0.2, 0) is 4.74 Å². The highest BCUT2D eigenvalue weighted by Crippen LogP contribution is 2.37. The Morgan fingerprint density at radius 2 is 1.93 bits per heavy atom. The normalized spacial score (nSPS) is 34.9. The van der Waals surface area contributed by atoms with E-state index in [0.29, 0.717) is 0 Å². The van der Waals surface area contributed by atoms with E-state index in [1.165, 1.54) is 0 Å². The molecule has 84 valence electrons. The lowest BCUT2D eigenvalue weighted by molar-refractivity contribution is -0.266. The molecule has 0 aromatic rings. The van der Waals surface area contributed by atoms with Crippen LogP contribution in [0, 0.1) is 0 Å². The fraction of sp³-hybridized carbons (Fsp3) is 1.00. The summed E-state index contributed by atoms with van der Waals surface area (Å²) in [5, 5.41) is 9.15. The molecule has 1 N–H and O–H groups in total. The Hall–Kier alpha value is -0.430. The SMILES string of the molecule is OC1(C(F)F)CCOC(C(F)(F)F)C1. The minimum Gasteiger partial charge on any atom is -0.384 e. The standard InChI is InChI=1S/C7H9F5O2/c8-5(9)6(13)1-2-14-4(3-6)7(10,11)12/h4-5,13H,1-3H2. The molecule has 1 aliphatic rings. The van der Waals surface area contributed by atoms with Crippen LogP contribution in [0.5, 0.6) is 0 Å². The van der Waals surface area contributed by atoms with Gasteiger partial charge in [-0.2, -0.15) is 13.2 Å². The molecule has 1 aliphatic heterocycles. The zero-order valence-electron chi connectivity index (χ0n) is 7.02. The molecule has 0 amide bonds. The molecule has 0 spiro atoms. The number of hydrogen-bond donors (Lipinski definition) is 1. The number of ether oxygens (including phenoxy) is 1. The van der Waals surface area contributed by atoms with Crippen LogP contribution in [0.2, 0.25) is 0 Å². The van der Waals surface area contributed by atoms with Crippen molar-refractivity contribution < 1.29 is 31.8 Å². The second-order valence-electron chi connectivity index (χ2n) is 3.26. The first-order chi connectivity index (χ1) is 6.26. The summed E-state index contributed by atoms with van der Waals surface area (Å²) >= 11 is 0. The van der Waals surface area contributed by atoms with Crippen molar-refractivity contribution in [3.05, 3.63) is 0 Å². The van der Waals surface area contributed by atoms with Crippen molar-refractivity contribution in [2.24, 2.45) is 0 Å². The third-order valence-electron chi connectivity index (χ3n) is 2.16. The molecule has 1 rings (SSSR count). The molecule has 0 aromatic heterocycles. The predicted octanol–water partition coefficient (Wildman–Crippen LogP) is 1.72. The molecule has 0 saturated carbocycles. The first-order valence-electron chi connectivity index (χ1n) is 3.94. The van der Waals surface area contributed by atoms with Gasteiger partial charge in [-0.25, -0.2) is 8.78 Å². The van der Waals surface area contributed by atoms with E-state index < -0.39 is 43.8 Å². The second kappa shape index (κ2) is 3.62. The number of aliphatic hydroxyl groups is 1. The van der Waals surface area contributed by atoms with Crippen LogP contribution in [0.4, 0.5) is 22.0 Å². The van der Waals surface area contributed by atoms with Crippen LogP contribution >= 0.6 is 0 Å². The lowest BCUT2D eigenvalue weighted by Gasteiger charge is -2.36. The molecule has 0 aromatic carbocycles. The molecule has 2 nitrogen and oxygen atoms in total. The van der Waals surface area contributed by atoms with E-state index in [-0.39, 0.29) is 0 Å². The fourth-order valence-corrected chi connectivity index (χ4v) is 1.27. The van der Waals surface area contributed by atoms with E-state index in [0.717, 1.165) is 0 Å². The van der Waals surface area contributed by atoms with Crippen molar-refractivity contribution in [1.29, 1.82) is 0 Å². The summed E-state index contributed by atoms with van der Waals surface area (Å²) in [6.45, 7) is -0.509. The molecular weight excluding hydrogens is 211 g/mol. The molecule has 1 saturated heterocycles. The molecule has 0 bridgehead atoms. The monoisotopic (exact) mass is 220 g/mol. The van der Waals surface area contributed by atoms with Crippen LogP contribution in [0.3, 0.4) is 0 Å². The number of halogens is 5. The van der Waals surface area contributed by atoms with Gasteiger partial charge in [-0.3, -0.25) is 0 Å². The Morgan fingerprint density at radius 1 is 1.36 bits per heavy atom. The summed E-state index contributed by atoms with van der Waals surface area (Å²) in [4.78, 5) is 0. The van der Waals surface area contributed by atoms with Crippen LogP contribution in [-0.4, -0.2) is 36.0 Å². The smallest absolute Gasteiger partial charge is 0.384 e. The van der Waals surface area contributed by atoms with Gasteiger partial charge in [0.15, 0.2) is 6.10 Å². The zero-order chi connectivity index (χ0) is 11.0. The van der Waals surface area contributed by atoms with Crippen LogP contribution < -0.4 is 0 Å². The second-order valence-corrected chi connectivity index (χ2v) is 3.26. The Bertz CT molecular complexity index is 205. The molecule has 1 heterocycles. The maximum Gasteiger partial charge on any atom is 0.414 e.